The van der Waals surface area contributed by atoms with Crippen LogP contribution in [0.1, 0.15) is 52.9 Å². The second-order valence-electron chi connectivity index (χ2n) is 6.49. The Bertz CT molecular complexity index is 770. The Balaban J connectivity index is 1.78. The Morgan fingerprint density at radius 1 is 1.00 bits per heavy atom. The first-order valence-corrected chi connectivity index (χ1v) is 8.77. The van der Waals surface area contributed by atoms with Crippen molar-refractivity contribution in [1.82, 2.24) is 5.32 Å². The summed E-state index contributed by atoms with van der Waals surface area (Å²) in [5, 5.41) is 3.07. The topological polar surface area (TPSA) is 47.6 Å². The van der Waals surface area contributed by atoms with E-state index in [0.717, 1.165) is 35.5 Å². The molecule has 4 nitrogen and oxygen atoms in total. The number of rotatable bonds is 5. The lowest BCUT2D eigenvalue weighted by Gasteiger charge is -2.20. The summed E-state index contributed by atoms with van der Waals surface area (Å²) in [5.74, 6) is 1.41. The Labute approximate surface area is 149 Å². The molecule has 0 saturated heterocycles. The average molecular weight is 339 g/mol. The first-order chi connectivity index (χ1) is 12.1. The van der Waals surface area contributed by atoms with Crippen LogP contribution in [-0.2, 0) is 12.8 Å². The predicted octanol–water partition coefficient (Wildman–Crippen LogP) is 4.07. The lowest BCUT2D eigenvalue weighted by Crippen LogP contribution is -2.27. The maximum atomic E-state index is 12.7. The fourth-order valence-corrected chi connectivity index (χ4v) is 3.41. The van der Waals surface area contributed by atoms with E-state index < -0.39 is 0 Å². The van der Waals surface area contributed by atoms with E-state index in [1.807, 2.05) is 37.3 Å². The van der Waals surface area contributed by atoms with Crippen LogP contribution in [0.25, 0.3) is 0 Å². The lowest BCUT2D eigenvalue weighted by molar-refractivity contribution is 0.0939. The van der Waals surface area contributed by atoms with Gasteiger partial charge in [0.05, 0.1) is 20.3 Å². The SMILES string of the molecule is COc1ccc(OC)c([C@@H](C)NC(=O)c2ccc3c(c2)CCCC3)c1. The zero-order valence-corrected chi connectivity index (χ0v) is 15.1. The number of benzene rings is 2. The summed E-state index contributed by atoms with van der Waals surface area (Å²) in [6, 6.07) is 11.5. The summed E-state index contributed by atoms with van der Waals surface area (Å²) in [4.78, 5) is 12.7. The fraction of sp³-hybridized carbons (Fsp3) is 0.381. The monoisotopic (exact) mass is 339 g/mol. The van der Waals surface area contributed by atoms with E-state index >= 15 is 0 Å². The number of hydrogen-bond acceptors (Lipinski definition) is 3. The third-order valence-electron chi connectivity index (χ3n) is 4.86. The summed E-state index contributed by atoms with van der Waals surface area (Å²) >= 11 is 0. The second-order valence-corrected chi connectivity index (χ2v) is 6.49. The molecule has 0 spiro atoms. The number of nitrogens with one attached hydrogen (secondary N) is 1. The second kappa shape index (κ2) is 7.60. The molecule has 2 aromatic rings. The summed E-state index contributed by atoms with van der Waals surface area (Å²) in [5.41, 5.74) is 4.30. The van der Waals surface area contributed by atoms with Crippen LogP contribution in [0.15, 0.2) is 36.4 Å². The van der Waals surface area contributed by atoms with Crippen LogP contribution in [0.3, 0.4) is 0 Å². The number of carbonyl (C=O) groups is 1. The van der Waals surface area contributed by atoms with Crippen LogP contribution in [0.4, 0.5) is 0 Å². The molecule has 1 N–H and O–H groups in total. The Hall–Kier alpha value is -2.49. The Kier molecular flexibility index (Phi) is 5.27. The van der Waals surface area contributed by atoms with Crippen molar-refractivity contribution in [3.63, 3.8) is 0 Å². The highest BCUT2D eigenvalue weighted by Crippen LogP contribution is 2.29. The molecule has 0 aromatic heterocycles. The van der Waals surface area contributed by atoms with Crippen LogP contribution in [0.5, 0.6) is 11.5 Å². The first-order valence-electron chi connectivity index (χ1n) is 8.77. The highest BCUT2D eigenvalue weighted by molar-refractivity contribution is 5.94. The zero-order valence-electron chi connectivity index (χ0n) is 15.1. The quantitative estimate of drug-likeness (QED) is 0.893. The van der Waals surface area contributed by atoms with Gasteiger partial charge >= 0.3 is 0 Å². The minimum Gasteiger partial charge on any atom is -0.497 e. The molecular formula is C21H25NO3. The standard InChI is InChI=1S/C21H25NO3/c1-14(19-13-18(24-2)10-11-20(19)25-3)22-21(23)17-9-8-15-6-4-5-7-16(15)12-17/h8-14H,4-7H2,1-3H3,(H,22,23)/t14-/m1/s1. The van der Waals surface area contributed by atoms with E-state index in [1.54, 1.807) is 14.2 Å². The maximum absolute atomic E-state index is 12.7. The minimum atomic E-state index is -0.186. The van der Waals surface area contributed by atoms with Gasteiger partial charge in [-0.2, -0.15) is 0 Å². The van der Waals surface area contributed by atoms with Crippen molar-refractivity contribution >= 4 is 5.91 Å². The molecular weight excluding hydrogens is 314 g/mol. The maximum Gasteiger partial charge on any atom is 0.251 e. The molecule has 2 aromatic carbocycles. The van der Waals surface area contributed by atoms with Gasteiger partial charge < -0.3 is 14.8 Å². The summed E-state index contributed by atoms with van der Waals surface area (Å²) in [6.45, 7) is 1.95. The van der Waals surface area contributed by atoms with Crippen LogP contribution >= 0.6 is 0 Å². The third-order valence-corrected chi connectivity index (χ3v) is 4.86. The van der Waals surface area contributed by atoms with E-state index in [-0.39, 0.29) is 11.9 Å². The lowest BCUT2D eigenvalue weighted by atomic mass is 9.90. The molecule has 0 aliphatic heterocycles. The zero-order chi connectivity index (χ0) is 17.8. The first kappa shape index (κ1) is 17.3. The van der Waals surface area contributed by atoms with Crippen molar-refractivity contribution in [3.8, 4) is 11.5 Å². The Morgan fingerprint density at radius 2 is 1.76 bits per heavy atom. The number of ether oxygens (including phenoxy) is 2. The highest BCUT2D eigenvalue weighted by Gasteiger charge is 2.18. The molecule has 0 bridgehead atoms. The fourth-order valence-electron chi connectivity index (χ4n) is 3.41. The van der Waals surface area contributed by atoms with Crippen LogP contribution in [0, 0.1) is 0 Å². The van der Waals surface area contributed by atoms with Gasteiger partial charge in [-0.15, -0.1) is 0 Å². The molecule has 0 fully saturated rings. The van der Waals surface area contributed by atoms with E-state index in [9.17, 15) is 4.79 Å². The van der Waals surface area contributed by atoms with Gasteiger partial charge in [-0.25, -0.2) is 0 Å². The van der Waals surface area contributed by atoms with E-state index in [0.29, 0.717) is 0 Å². The molecule has 132 valence electrons. The van der Waals surface area contributed by atoms with Gasteiger partial charge in [-0.05, 0) is 74.1 Å². The molecule has 0 unspecified atom stereocenters. The van der Waals surface area contributed by atoms with Gasteiger partial charge in [0.15, 0.2) is 0 Å². The summed E-state index contributed by atoms with van der Waals surface area (Å²) < 4.78 is 10.7. The molecule has 0 radical (unpaired) electrons. The highest BCUT2D eigenvalue weighted by atomic mass is 16.5. The molecule has 1 aliphatic rings. The van der Waals surface area contributed by atoms with Gasteiger partial charge in [0.1, 0.15) is 11.5 Å². The third kappa shape index (κ3) is 3.78. The van der Waals surface area contributed by atoms with Gasteiger partial charge in [-0.1, -0.05) is 6.07 Å². The van der Waals surface area contributed by atoms with E-state index in [4.69, 9.17) is 9.47 Å². The van der Waals surface area contributed by atoms with Gasteiger partial charge in [0.2, 0.25) is 0 Å². The molecule has 0 saturated carbocycles. The van der Waals surface area contributed by atoms with Gasteiger partial charge in [0, 0.05) is 11.1 Å². The molecule has 4 heteroatoms. The predicted molar refractivity (Wildman–Crippen MR) is 98.5 cm³/mol. The van der Waals surface area contributed by atoms with Crippen LogP contribution < -0.4 is 14.8 Å². The minimum absolute atomic E-state index is 0.0641. The Morgan fingerprint density at radius 3 is 2.48 bits per heavy atom. The molecule has 1 atom stereocenters. The van der Waals surface area contributed by atoms with Crippen molar-refractivity contribution in [3.05, 3.63) is 58.7 Å². The number of fused-ring (bicyclic) bond motifs is 1. The molecule has 0 heterocycles. The number of methoxy groups -OCH3 is 2. The molecule has 1 aliphatic carbocycles. The van der Waals surface area contributed by atoms with E-state index in [2.05, 4.69) is 11.4 Å². The van der Waals surface area contributed by atoms with Gasteiger partial charge in [0.25, 0.3) is 5.91 Å². The number of hydrogen-bond donors (Lipinski definition) is 1. The van der Waals surface area contributed by atoms with E-state index in [1.165, 1.54) is 24.0 Å². The van der Waals surface area contributed by atoms with Crippen molar-refractivity contribution < 1.29 is 14.3 Å². The van der Waals surface area contributed by atoms with Crippen molar-refractivity contribution in [2.45, 2.75) is 38.6 Å². The normalized spacial score (nSPS) is 14.4. The molecule has 25 heavy (non-hydrogen) atoms. The smallest absolute Gasteiger partial charge is 0.251 e. The number of aryl methyl sites for hydroxylation is 2. The van der Waals surface area contributed by atoms with Crippen LogP contribution in [0.2, 0.25) is 0 Å². The number of amides is 1. The summed E-state index contributed by atoms with van der Waals surface area (Å²) in [6.07, 6.45) is 4.63. The van der Waals surface area contributed by atoms with Crippen molar-refractivity contribution in [1.29, 1.82) is 0 Å². The number of carbonyl (C=O) groups excluding carboxylic acids is 1. The summed E-state index contributed by atoms with van der Waals surface area (Å²) in [7, 11) is 3.26. The molecule has 1 amide bonds. The van der Waals surface area contributed by atoms with Crippen molar-refractivity contribution in [2.75, 3.05) is 14.2 Å². The molecule has 3 rings (SSSR count). The average Bonchev–Trinajstić information content (AvgIpc) is 2.66. The van der Waals surface area contributed by atoms with Gasteiger partial charge in [-0.3, -0.25) is 4.79 Å². The largest absolute Gasteiger partial charge is 0.497 e. The van der Waals surface area contributed by atoms with Crippen molar-refractivity contribution in [2.24, 2.45) is 0 Å². The van der Waals surface area contributed by atoms with Crippen LogP contribution in [-0.4, -0.2) is 20.1 Å².